The van der Waals surface area contributed by atoms with Gasteiger partial charge in [-0.2, -0.15) is 0 Å². The van der Waals surface area contributed by atoms with Crippen molar-refractivity contribution in [1.82, 2.24) is 4.98 Å². The molecule has 2 aromatic rings. The van der Waals surface area contributed by atoms with Gasteiger partial charge in [-0.1, -0.05) is 30.4 Å². The molecule has 0 aliphatic heterocycles. The van der Waals surface area contributed by atoms with E-state index in [1.807, 2.05) is 29.6 Å². The minimum Gasteiger partial charge on any atom is -0.402 e. The Morgan fingerprint density at radius 1 is 1.50 bits per heavy atom. The van der Waals surface area contributed by atoms with Crippen LogP contribution in [0.5, 0.6) is 0 Å². The number of nitrogens with one attached hydrogen (secondary N) is 1. The van der Waals surface area contributed by atoms with E-state index in [0.29, 0.717) is 22.1 Å². The van der Waals surface area contributed by atoms with Crippen molar-refractivity contribution in [2.75, 3.05) is 5.32 Å². The lowest BCUT2D eigenvalue weighted by atomic mass is 10.1. The Hall–Kier alpha value is -2.05. The van der Waals surface area contributed by atoms with Crippen molar-refractivity contribution < 1.29 is 4.79 Å². The molecule has 2 rings (SSSR count). The normalized spacial score (nSPS) is 11.2. The third-order valence-corrected chi connectivity index (χ3v) is 3.62. The monoisotopic (exact) mass is 303 g/mol. The summed E-state index contributed by atoms with van der Waals surface area (Å²) in [5, 5.41) is 4.99. The Bertz CT molecular complexity index is 673. The van der Waals surface area contributed by atoms with Gasteiger partial charge in [0.15, 0.2) is 5.13 Å². The van der Waals surface area contributed by atoms with Crippen LogP contribution in [-0.4, -0.2) is 16.3 Å². The number of rotatable bonds is 5. The van der Waals surface area contributed by atoms with E-state index in [4.69, 9.17) is 18.0 Å². The fourth-order valence-corrected chi connectivity index (χ4v) is 2.64. The van der Waals surface area contributed by atoms with Gasteiger partial charge >= 0.3 is 0 Å². The standard InChI is InChI=1S/C14H13N3OS2/c1-9(15)5-13(19)11-4-2-3-10(6-11)12-7-20-14(17-12)16-8-18/h2-8H,15H2,1H3,(H,16,17,18)/b9-5-. The minimum atomic E-state index is 0.570. The molecular weight excluding hydrogens is 290 g/mol. The Balaban J connectivity index is 2.31. The van der Waals surface area contributed by atoms with Gasteiger partial charge < -0.3 is 11.1 Å². The van der Waals surface area contributed by atoms with Crippen molar-refractivity contribution >= 4 is 40.0 Å². The molecule has 0 saturated heterocycles. The average molecular weight is 303 g/mol. The predicted octanol–water partition coefficient (Wildman–Crippen LogP) is 2.96. The smallest absolute Gasteiger partial charge is 0.213 e. The molecule has 0 radical (unpaired) electrons. The molecule has 0 aliphatic carbocycles. The highest BCUT2D eigenvalue weighted by atomic mass is 32.1. The van der Waals surface area contributed by atoms with Crippen molar-refractivity contribution in [2.45, 2.75) is 6.92 Å². The molecule has 1 amide bonds. The number of allylic oxidation sites excluding steroid dienone is 2. The summed E-state index contributed by atoms with van der Waals surface area (Å²) in [7, 11) is 0. The lowest BCUT2D eigenvalue weighted by Crippen LogP contribution is -1.99. The average Bonchev–Trinajstić information content (AvgIpc) is 2.87. The highest BCUT2D eigenvalue weighted by Gasteiger charge is 2.06. The molecule has 1 aromatic heterocycles. The van der Waals surface area contributed by atoms with Gasteiger partial charge in [0.25, 0.3) is 0 Å². The molecule has 1 heterocycles. The van der Waals surface area contributed by atoms with Crippen LogP contribution in [0.3, 0.4) is 0 Å². The molecule has 1 aromatic carbocycles. The quantitative estimate of drug-likeness (QED) is 0.386. The summed E-state index contributed by atoms with van der Waals surface area (Å²) in [6.45, 7) is 1.80. The number of thiocarbonyl (C=S) groups is 1. The van der Waals surface area contributed by atoms with Crippen LogP contribution in [0, 0.1) is 0 Å². The second kappa shape index (κ2) is 6.40. The highest BCUT2D eigenvalue weighted by Crippen LogP contribution is 2.25. The summed E-state index contributed by atoms with van der Waals surface area (Å²) in [4.78, 5) is 15.4. The van der Waals surface area contributed by atoms with Crippen molar-refractivity contribution in [1.29, 1.82) is 0 Å². The Morgan fingerprint density at radius 2 is 2.30 bits per heavy atom. The van der Waals surface area contributed by atoms with Gasteiger partial charge in [0.05, 0.1) is 5.69 Å². The van der Waals surface area contributed by atoms with Gasteiger partial charge in [0.1, 0.15) is 0 Å². The third-order valence-electron chi connectivity index (χ3n) is 2.49. The van der Waals surface area contributed by atoms with Gasteiger partial charge in [0, 0.05) is 21.5 Å². The minimum absolute atomic E-state index is 0.570. The molecule has 20 heavy (non-hydrogen) atoms. The van der Waals surface area contributed by atoms with E-state index >= 15 is 0 Å². The Labute approximate surface area is 126 Å². The molecule has 0 aliphatic rings. The second-order valence-electron chi connectivity index (χ2n) is 4.13. The molecule has 0 unspecified atom stereocenters. The molecule has 0 fully saturated rings. The first kappa shape index (κ1) is 14.4. The third kappa shape index (κ3) is 3.49. The van der Waals surface area contributed by atoms with Crippen molar-refractivity contribution in [3.05, 3.63) is 47.0 Å². The molecule has 102 valence electrons. The van der Waals surface area contributed by atoms with Crippen LogP contribution in [0.2, 0.25) is 0 Å². The number of carbonyl (C=O) groups is 1. The first-order valence-corrected chi connectivity index (χ1v) is 7.13. The van der Waals surface area contributed by atoms with E-state index < -0.39 is 0 Å². The Morgan fingerprint density at radius 3 is 3.00 bits per heavy atom. The number of anilines is 1. The molecule has 3 N–H and O–H groups in total. The Kier molecular flexibility index (Phi) is 4.60. The number of hydrogen-bond donors (Lipinski definition) is 2. The molecule has 0 bridgehead atoms. The van der Waals surface area contributed by atoms with Gasteiger partial charge in [-0.15, -0.1) is 11.3 Å². The SMILES string of the molecule is C/C(N)=C/C(=S)c1cccc(-c2csc(NC=O)n2)c1. The van der Waals surface area contributed by atoms with E-state index in [9.17, 15) is 4.79 Å². The van der Waals surface area contributed by atoms with Gasteiger partial charge in [-0.25, -0.2) is 4.98 Å². The number of carbonyl (C=O) groups excluding carboxylic acids is 1. The van der Waals surface area contributed by atoms with E-state index in [2.05, 4.69) is 10.3 Å². The number of amides is 1. The van der Waals surface area contributed by atoms with E-state index in [1.165, 1.54) is 11.3 Å². The van der Waals surface area contributed by atoms with Crippen LogP contribution in [-0.2, 0) is 4.79 Å². The summed E-state index contributed by atoms with van der Waals surface area (Å²) in [5.74, 6) is 0. The first-order valence-electron chi connectivity index (χ1n) is 5.84. The molecular formula is C14H13N3OS2. The largest absolute Gasteiger partial charge is 0.402 e. The van der Waals surface area contributed by atoms with Gasteiger partial charge in [0.2, 0.25) is 6.41 Å². The summed E-state index contributed by atoms with van der Waals surface area (Å²) >= 11 is 6.70. The first-order chi connectivity index (χ1) is 9.60. The topological polar surface area (TPSA) is 68.0 Å². The van der Waals surface area contributed by atoms with Crippen molar-refractivity contribution in [2.24, 2.45) is 5.73 Å². The van der Waals surface area contributed by atoms with Crippen LogP contribution in [0.1, 0.15) is 12.5 Å². The summed E-state index contributed by atoms with van der Waals surface area (Å²) in [6, 6.07) is 7.76. The zero-order valence-electron chi connectivity index (χ0n) is 10.8. The van der Waals surface area contributed by atoms with Gasteiger partial charge in [-0.05, 0) is 24.6 Å². The maximum absolute atomic E-state index is 10.4. The fraction of sp³-hybridized carbons (Fsp3) is 0.0714. The summed E-state index contributed by atoms with van der Waals surface area (Å²) in [5.41, 5.74) is 8.98. The molecule has 0 spiro atoms. The van der Waals surface area contributed by atoms with Crippen LogP contribution in [0.4, 0.5) is 5.13 Å². The van der Waals surface area contributed by atoms with Crippen LogP contribution < -0.4 is 11.1 Å². The van der Waals surface area contributed by atoms with Crippen LogP contribution >= 0.6 is 23.6 Å². The number of nitrogens with two attached hydrogens (primary N) is 1. The maximum atomic E-state index is 10.4. The maximum Gasteiger partial charge on any atom is 0.213 e. The molecule has 6 heteroatoms. The number of aromatic nitrogens is 1. The predicted molar refractivity (Wildman–Crippen MR) is 86.9 cm³/mol. The molecule has 0 saturated carbocycles. The van der Waals surface area contributed by atoms with E-state index in [-0.39, 0.29) is 0 Å². The fourth-order valence-electron chi connectivity index (χ4n) is 1.64. The second-order valence-corrected chi connectivity index (χ2v) is 5.43. The van der Waals surface area contributed by atoms with Crippen LogP contribution in [0.25, 0.3) is 11.3 Å². The zero-order chi connectivity index (χ0) is 14.5. The number of benzene rings is 1. The summed E-state index contributed by atoms with van der Waals surface area (Å²) in [6.07, 6.45) is 2.37. The van der Waals surface area contributed by atoms with E-state index in [0.717, 1.165) is 16.8 Å². The highest BCUT2D eigenvalue weighted by molar-refractivity contribution is 7.81. The lowest BCUT2D eigenvalue weighted by molar-refractivity contribution is -0.105. The number of hydrogen-bond acceptors (Lipinski definition) is 5. The molecule has 4 nitrogen and oxygen atoms in total. The van der Waals surface area contributed by atoms with Gasteiger partial charge in [-0.3, -0.25) is 4.79 Å². The molecule has 0 atom stereocenters. The van der Waals surface area contributed by atoms with E-state index in [1.54, 1.807) is 13.0 Å². The number of nitrogens with zero attached hydrogens (tertiary/aromatic N) is 1. The van der Waals surface area contributed by atoms with Crippen LogP contribution in [0.15, 0.2) is 41.4 Å². The summed E-state index contributed by atoms with van der Waals surface area (Å²) < 4.78 is 0. The number of thiazole rings is 1. The van der Waals surface area contributed by atoms with Crippen molar-refractivity contribution in [3.8, 4) is 11.3 Å². The lowest BCUT2D eigenvalue weighted by Gasteiger charge is -2.03. The zero-order valence-corrected chi connectivity index (χ0v) is 12.4. The van der Waals surface area contributed by atoms with Crippen molar-refractivity contribution in [3.63, 3.8) is 0 Å².